The van der Waals surface area contributed by atoms with Crippen LogP contribution in [0.3, 0.4) is 0 Å². The average molecular weight is 343 g/mol. The summed E-state index contributed by atoms with van der Waals surface area (Å²) in [7, 11) is 1.45. The van der Waals surface area contributed by atoms with Gasteiger partial charge in [0.25, 0.3) is 11.5 Å². The van der Waals surface area contributed by atoms with Gasteiger partial charge in [-0.15, -0.1) is 0 Å². The highest BCUT2D eigenvalue weighted by molar-refractivity contribution is 5.92. The number of aryl methyl sites for hydroxylation is 1. The van der Waals surface area contributed by atoms with Gasteiger partial charge in [-0.05, 0) is 25.1 Å². The van der Waals surface area contributed by atoms with Crippen LogP contribution in [0.5, 0.6) is 0 Å². The van der Waals surface area contributed by atoms with Crippen LogP contribution in [0.25, 0.3) is 11.4 Å². The lowest BCUT2D eigenvalue weighted by atomic mass is 10.2. The van der Waals surface area contributed by atoms with E-state index in [2.05, 4.69) is 20.6 Å². The second kappa shape index (κ2) is 6.63. The van der Waals surface area contributed by atoms with Crippen LogP contribution in [0.15, 0.2) is 45.7 Å². The Balaban J connectivity index is 1.75. The van der Waals surface area contributed by atoms with Gasteiger partial charge in [-0.25, -0.2) is 9.07 Å². The van der Waals surface area contributed by atoms with E-state index in [0.717, 1.165) is 4.68 Å². The number of benzene rings is 1. The molecule has 0 unspecified atom stereocenters. The second-order valence-corrected chi connectivity index (χ2v) is 5.34. The first-order chi connectivity index (χ1) is 11.9. The molecular formula is C16H14FN5O3. The number of rotatable bonds is 4. The third-order valence-electron chi connectivity index (χ3n) is 3.44. The van der Waals surface area contributed by atoms with Crippen LogP contribution in [-0.4, -0.2) is 25.8 Å². The fourth-order valence-electron chi connectivity index (χ4n) is 2.11. The number of hydrogen-bond donors (Lipinski definition) is 1. The van der Waals surface area contributed by atoms with Gasteiger partial charge in [0.05, 0.1) is 0 Å². The van der Waals surface area contributed by atoms with Crippen LogP contribution < -0.4 is 10.9 Å². The zero-order valence-corrected chi connectivity index (χ0v) is 13.4. The zero-order valence-electron chi connectivity index (χ0n) is 13.4. The zero-order chi connectivity index (χ0) is 18.0. The number of carbonyl (C=O) groups is 1. The van der Waals surface area contributed by atoms with Gasteiger partial charge in [0.1, 0.15) is 17.6 Å². The largest absolute Gasteiger partial charge is 0.339 e. The molecule has 2 heterocycles. The molecule has 1 N–H and O–H groups in total. The van der Waals surface area contributed by atoms with Crippen molar-refractivity contribution in [2.45, 2.75) is 13.0 Å². The molecule has 0 bridgehead atoms. The lowest BCUT2D eigenvalue weighted by Crippen LogP contribution is -2.30. The molecule has 1 amide bonds. The first-order valence-corrected chi connectivity index (χ1v) is 7.39. The SMILES string of the molecule is C[C@H](NC(=O)c1ccc(=O)n(C)n1)c1nc(-c2cccc(F)c2)no1. The van der Waals surface area contributed by atoms with E-state index in [1.807, 2.05) is 0 Å². The second-order valence-electron chi connectivity index (χ2n) is 5.34. The molecule has 0 spiro atoms. The van der Waals surface area contributed by atoms with Crippen molar-refractivity contribution in [3.63, 3.8) is 0 Å². The predicted octanol–water partition coefficient (Wildman–Crippen LogP) is 1.46. The van der Waals surface area contributed by atoms with E-state index >= 15 is 0 Å². The van der Waals surface area contributed by atoms with E-state index in [9.17, 15) is 14.0 Å². The molecule has 25 heavy (non-hydrogen) atoms. The molecule has 0 aliphatic heterocycles. The molecule has 3 aromatic rings. The number of carbonyl (C=O) groups excluding carboxylic acids is 1. The van der Waals surface area contributed by atoms with E-state index in [-0.39, 0.29) is 23.0 Å². The van der Waals surface area contributed by atoms with Crippen molar-refractivity contribution in [2.75, 3.05) is 0 Å². The molecule has 0 saturated carbocycles. The summed E-state index contributed by atoms with van der Waals surface area (Å²) in [6.45, 7) is 1.66. The average Bonchev–Trinajstić information content (AvgIpc) is 3.07. The van der Waals surface area contributed by atoms with Crippen LogP contribution in [0.2, 0.25) is 0 Å². The first kappa shape index (κ1) is 16.5. The van der Waals surface area contributed by atoms with Crippen molar-refractivity contribution in [3.05, 3.63) is 64.2 Å². The van der Waals surface area contributed by atoms with Gasteiger partial charge in [-0.3, -0.25) is 9.59 Å². The molecule has 0 radical (unpaired) electrons. The summed E-state index contributed by atoms with van der Waals surface area (Å²) in [5.41, 5.74) is 0.230. The van der Waals surface area contributed by atoms with E-state index in [1.165, 1.54) is 37.4 Å². The molecule has 128 valence electrons. The number of nitrogens with zero attached hydrogens (tertiary/aromatic N) is 4. The number of amides is 1. The Morgan fingerprint density at radius 3 is 2.84 bits per heavy atom. The first-order valence-electron chi connectivity index (χ1n) is 7.39. The Labute approximate surface area is 141 Å². The predicted molar refractivity (Wildman–Crippen MR) is 85.1 cm³/mol. The van der Waals surface area contributed by atoms with Gasteiger partial charge in [0, 0.05) is 18.7 Å². The van der Waals surface area contributed by atoms with Crippen LogP contribution >= 0.6 is 0 Å². The lowest BCUT2D eigenvalue weighted by molar-refractivity contribution is 0.0925. The van der Waals surface area contributed by atoms with Crippen molar-refractivity contribution >= 4 is 5.91 Å². The minimum absolute atomic E-state index is 0.0822. The van der Waals surface area contributed by atoms with Crippen molar-refractivity contribution in [1.29, 1.82) is 0 Å². The summed E-state index contributed by atoms with van der Waals surface area (Å²) in [4.78, 5) is 27.7. The van der Waals surface area contributed by atoms with Crippen LogP contribution in [0.1, 0.15) is 29.3 Å². The third-order valence-corrected chi connectivity index (χ3v) is 3.44. The Hall–Kier alpha value is -3.36. The molecule has 2 aromatic heterocycles. The van der Waals surface area contributed by atoms with Crippen LogP contribution in [0.4, 0.5) is 4.39 Å². The summed E-state index contributed by atoms with van der Waals surface area (Å²) < 4.78 is 19.5. The number of aromatic nitrogens is 4. The fourth-order valence-corrected chi connectivity index (χ4v) is 2.11. The third kappa shape index (κ3) is 3.60. The minimum atomic E-state index is -0.596. The van der Waals surface area contributed by atoms with E-state index in [1.54, 1.807) is 13.0 Å². The Morgan fingerprint density at radius 2 is 2.12 bits per heavy atom. The topological polar surface area (TPSA) is 103 Å². The van der Waals surface area contributed by atoms with Crippen molar-refractivity contribution < 1.29 is 13.7 Å². The molecule has 0 aliphatic rings. The monoisotopic (exact) mass is 343 g/mol. The summed E-state index contributed by atoms with van der Waals surface area (Å²) in [6.07, 6.45) is 0. The van der Waals surface area contributed by atoms with Gasteiger partial charge < -0.3 is 9.84 Å². The number of nitrogens with one attached hydrogen (secondary N) is 1. The van der Waals surface area contributed by atoms with Gasteiger partial charge in [0.15, 0.2) is 0 Å². The summed E-state index contributed by atoms with van der Waals surface area (Å²) in [6, 6.07) is 7.77. The molecule has 9 heteroatoms. The van der Waals surface area contributed by atoms with E-state index in [0.29, 0.717) is 5.56 Å². The number of hydrogen-bond acceptors (Lipinski definition) is 6. The molecule has 0 aliphatic carbocycles. The summed E-state index contributed by atoms with van der Waals surface area (Å²) in [5, 5.41) is 10.3. The summed E-state index contributed by atoms with van der Waals surface area (Å²) >= 11 is 0. The quantitative estimate of drug-likeness (QED) is 0.769. The van der Waals surface area contributed by atoms with E-state index in [4.69, 9.17) is 4.52 Å². The Morgan fingerprint density at radius 1 is 1.32 bits per heavy atom. The molecule has 0 saturated heterocycles. The van der Waals surface area contributed by atoms with Gasteiger partial charge >= 0.3 is 0 Å². The standard InChI is InChI=1S/C16H14FN5O3/c1-9(18-15(24)12-6-7-13(23)22(2)20-12)16-19-14(21-25-16)10-4-3-5-11(17)8-10/h3-9H,1-2H3,(H,18,24)/t9-/m0/s1. The Kier molecular flexibility index (Phi) is 4.38. The highest BCUT2D eigenvalue weighted by Crippen LogP contribution is 2.19. The maximum atomic E-state index is 13.3. The molecule has 3 rings (SSSR count). The number of halogens is 1. The molecule has 8 nitrogen and oxygen atoms in total. The highest BCUT2D eigenvalue weighted by atomic mass is 19.1. The normalized spacial score (nSPS) is 12.0. The van der Waals surface area contributed by atoms with Crippen LogP contribution in [-0.2, 0) is 7.05 Å². The summed E-state index contributed by atoms with van der Waals surface area (Å²) in [5.74, 6) is -0.521. The van der Waals surface area contributed by atoms with Crippen molar-refractivity contribution in [3.8, 4) is 11.4 Å². The highest BCUT2D eigenvalue weighted by Gasteiger charge is 2.19. The van der Waals surface area contributed by atoms with E-state index < -0.39 is 17.8 Å². The van der Waals surface area contributed by atoms with Crippen LogP contribution in [0, 0.1) is 5.82 Å². The fraction of sp³-hybridized carbons (Fsp3) is 0.188. The van der Waals surface area contributed by atoms with Gasteiger partial charge in [-0.1, -0.05) is 17.3 Å². The maximum Gasteiger partial charge on any atom is 0.272 e. The van der Waals surface area contributed by atoms with Crippen molar-refractivity contribution in [1.82, 2.24) is 25.2 Å². The molecule has 1 aromatic carbocycles. The van der Waals surface area contributed by atoms with Gasteiger partial charge in [0.2, 0.25) is 11.7 Å². The van der Waals surface area contributed by atoms with Gasteiger partial charge in [-0.2, -0.15) is 10.1 Å². The smallest absolute Gasteiger partial charge is 0.272 e. The molecule has 1 atom stereocenters. The lowest BCUT2D eigenvalue weighted by Gasteiger charge is -2.09. The minimum Gasteiger partial charge on any atom is -0.339 e. The maximum absolute atomic E-state index is 13.3. The molecule has 0 fully saturated rings. The van der Waals surface area contributed by atoms with Crippen molar-refractivity contribution in [2.24, 2.45) is 7.05 Å². The molecular weight excluding hydrogens is 329 g/mol. The Bertz CT molecular complexity index is 982.